The molecule has 2 aliphatic rings. The fourth-order valence-corrected chi connectivity index (χ4v) is 3.58. The van der Waals surface area contributed by atoms with E-state index in [0.29, 0.717) is 33.4 Å². The maximum atomic E-state index is 12.1. The van der Waals surface area contributed by atoms with E-state index in [4.69, 9.17) is 0 Å². The van der Waals surface area contributed by atoms with Crippen LogP contribution in [0.1, 0.15) is 109 Å². The normalized spacial score (nSPS) is 13.4. The van der Waals surface area contributed by atoms with Crippen LogP contribution in [0.2, 0.25) is 0 Å². The van der Waals surface area contributed by atoms with E-state index >= 15 is 0 Å². The number of hydrogen-bond acceptors (Lipinski definition) is 4. The molecule has 0 atom stereocenters. The minimum Gasteiger partial charge on any atom is -0.277 e. The lowest BCUT2D eigenvalue weighted by molar-refractivity contribution is 0.0677. The number of nitrogens with zero attached hydrogens (tertiary/aromatic N) is 2. The maximum absolute atomic E-state index is 12.1. The molecule has 0 saturated carbocycles. The van der Waals surface area contributed by atoms with Crippen molar-refractivity contribution in [3.05, 3.63) is 70.8 Å². The third-order valence-corrected chi connectivity index (χ3v) is 5.80. The average molecular weight is 493 g/mol. The first-order valence-electron chi connectivity index (χ1n) is 12.7. The van der Waals surface area contributed by atoms with Crippen LogP contribution in [0.25, 0.3) is 11.1 Å². The van der Waals surface area contributed by atoms with Crippen molar-refractivity contribution in [3.63, 3.8) is 0 Å². The summed E-state index contributed by atoms with van der Waals surface area (Å²) in [5, 5.41) is 0. The van der Waals surface area contributed by atoms with Crippen LogP contribution in [-0.2, 0) is 0 Å². The highest BCUT2D eigenvalue weighted by Crippen LogP contribution is 2.31. The van der Waals surface area contributed by atoms with Gasteiger partial charge in [-0.3, -0.25) is 29.0 Å². The number of carbonyl (C=O) groups excluding carboxylic acids is 4. The largest absolute Gasteiger partial charge is 0.277 e. The maximum Gasteiger partial charge on any atom is 0.261 e. The Kier molecular flexibility index (Phi) is 12.5. The number of benzene rings is 2. The van der Waals surface area contributed by atoms with Gasteiger partial charge < -0.3 is 0 Å². The van der Waals surface area contributed by atoms with Gasteiger partial charge in [-0.1, -0.05) is 77.7 Å². The Morgan fingerprint density at radius 3 is 1.17 bits per heavy atom. The van der Waals surface area contributed by atoms with Crippen LogP contribution in [0, 0.1) is 0 Å². The second kappa shape index (κ2) is 14.8. The van der Waals surface area contributed by atoms with E-state index in [-0.39, 0.29) is 23.6 Å². The molecule has 0 aliphatic carbocycles. The lowest BCUT2D eigenvalue weighted by atomic mass is 9.97. The quantitative estimate of drug-likeness (QED) is 0.262. The molecule has 2 heterocycles. The Morgan fingerprint density at radius 1 is 0.583 bits per heavy atom. The van der Waals surface area contributed by atoms with Crippen LogP contribution in [0.15, 0.2) is 48.6 Å². The molecule has 0 saturated heterocycles. The van der Waals surface area contributed by atoms with Crippen molar-refractivity contribution in [1.29, 1.82) is 0 Å². The molecule has 6 heteroatoms. The summed E-state index contributed by atoms with van der Waals surface area (Å²) in [5.74, 6) is -1.33. The summed E-state index contributed by atoms with van der Waals surface area (Å²) in [4.78, 5) is 50.3. The summed E-state index contributed by atoms with van der Waals surface area (Å²) >= 11 is 0. The summed E-state index contributed by atoms with van der Waals surface area (Å²) in [6, 6.07) is 9.98. The topological polar surface area (TPSA) is 74.8 Å². The van der Waals surface area contributed by atoms with Gasteiger partial charge >= 0.3 is 0 Å². The van der Waals surface area contributed by atoms with Gasteiger partial charge in [0.25, 0.3) is 23.6 Å². The molecule has 2 aliphatic heterocycles. The summed E-state index contributed by atoms with van der Waals surface area (Å²) in [5.41, 5.74) is 2.86. The predicted octanol–water partition coefficient (Wildman–Crippen LogP) is 7.00. The van der Waals surface area contributed by atoms with E-state index in [0.717, 1.165) is 9.80 Å². The van der Waals surface area contributed by atoms with Crippen LogP contribution >= 0.6 is 0 Å². The Hall–Kier alpha value is -3.54. The molecule has 6 nitrogen and oxygen atoms in total. The van der Waals surface area contributed by atoms with Crippen molar-refractivity contribution in [3.8, 4) is 11.1 Å². The summed E-state index contributed by atoms with van der Waals surface area (Å²) in [7, 11) is 2.89. The van der Waals surface area contributed by atoms with Crippen molar-refractivity contribution < 1.29 is 19.2 Å². The van der Waals surface area contributed by atoms with Crippen molar-refractivity contribution in [1.82, 2.24) is 9.80 Å². The fourth-order valence-electron chi connectivity index (χ4n) is 3.58. The Bertz CT molecular complexity index is 1030. The lowest BCUT2D eigenvalue weighted by Gasteiger charge is -2.05. The standard InChI is InChI=1S/C18H12N2O4.C6H14.C4H8.C2H6/c1-19-15(21)11-5-3-9(7-13(11)17(19)23)10-4-6-12-14(8-10)18(24)20(2)16(12)22;1-3-5-6-4-2;1-3-4-2;1-2/h3-8H,1-2H3;3-6H2,1-2H3;3-4H,1-2H3;1-2H3/b;;4-3-;. The van der Waals surface area contributed by atoms with Crippen molar-refractivity contribution in [2.75, 3.05) is 14.1 Å². The number of carbonyl (C=O) groups is 4. The third-order valence-electron chi connectivity index (χ3n) is 5.80. The molecule has 4 rings (SSSR count). The van der Waals surface area contributed by atoms with Crippen molar-refractivity contribution in [2.24, 2.45) is 0 Å². The fraction of sp³-hybridized carbons (Fsp3) is 0.400. The lowest BCUT2D eigenvalue weighted by Crippen LogP contribution is -2.24. The van der Waals surface area contributed by atoms with Crippen LogP contribution in [-0.4, -0.2) is 47.5 Å². The molecule has 0 aromatic heterocycles. The first-order valence-corrected chi connectivity index (χ1v) is 12.7. The number of hydrogen-bond donors (Lipinski definition) is 0. The monoisotopic (exact) mass is 492 g/mol. The SMILES string of the molecule is C/C=C\C.CC.CCCCCC.CN1C(=O)c2ccc(-c3ccc4c(c3)C(=O)N(C)C4=O)cc2C1=O. The molecule has 0 bridgehead atoms. The van der Waals surface area contributed by atoms with E-state index in [1.807, 2.05) is 39.8 Å². The van der Waals surface area contributed by atoms with Gasteiger partial charge in [0.2, 0.25) is 0 Å². The average Bonchev–Trinajstić information content (AvgIpc) is 3.27. The van der Waals surface area contributed by atoms with Gasteiger partial charge in [0.1, 0.15) is 0 Å². The zero-order chi connectivity index (χ0) is 27.4. The number of fused-ring (bicyclic) bond motifs is 2. The van der Waals surface area contributed by atoms with Crippen molar-refractivity contribution >= 4 is 23.6 Å². The number of allylic oxidation sites excluding steroid dienone is 2. The minimum absolute atomic E-state index is 0.321. The smallest absolute Gasteiger partial charge is 0.261 e. The van der Waals surface area contributed by atoms with Crippen LogP contribution in [0.3, 0.4) is 0 Å². The zero-order valence-electron chi connectivity index (χ0n) is 23.0. The number of unbranched alkanes of at least 4 members (excludes halogenated alkanes) is 3. The molecule has 2 aromatic carbocycles. The highest BCUT2D eigenvalue weighted by Gasteiger charge is 2.34. The molecule has 4 amide bonds. The van der Waals surface area contributed by atoms with Gasteiger partial charge in [0.15, 0.2) is 0 Å². The summed E-state index contributed by atoms with van der Waals surface area (Å²) < 4.78 is 0. The van der Waals surface area contributed by atoms with Gasteiger partial charge in [-0.15, -0.1) is 0 Å². The molecule has 2 aromatic rings. The van der Waals surface area contributed by atoms with E-state index in [1.54, 1.807) is 36.4 Å². The Balaban J connectivity index is 0.000000457. The van der Waals surface area contributed by atoms with E-state index in [9.17, 15) is 19.2 Å². The predicted molar refractivity (Wildman–Crippen MR) is 146 cm³/mol. The number of imide groups is 2. The number of rotatable bonds is 4. The summed E-state index contributed by atoms with van der Waals surface area (Å²) in [6.45, 7) is 12.5. The molecular weight excluding hydrogens is 452 g/mol. The molecule has 36 heavy (non-hydrogen) atoms. The highest BCUT2D eigenvalue weighted by molar-refractivity contribution is 6.22. The van der Waals surface area contributed by atoms with E-state index < -0.39 is 0 Å². The van der Waals surface area contributed by atoms with E-state index in [2.05, 4.69) is 13.8 Å². The molecule has 0 N–H and O–H groups in total. The molecular formula is C30H40N2O4. The van der Waals surface area contributed by atoms with Crippen LogP contribution in [0.4, 0.5) is 0 Å². The highest BCUT2D eigenvalue weighted by atomic mass is 16.2. The molecule has 0 fully saturated rings. The molecule has 0 unspecified atom stereocenters. The third kappa shape index (κ3) is 6.78. The second-order valence-corrected chi connectivity index (χ2v) is 8.23. The zero-order valence-corrected chi connectivity index (χ0v) is 23.0. The van der Waals surface area contributed by atoms with Crippen molar-refractivity contribution in [2.45, 2.75) is 67.2 Å². The van der Waals surface area contributed by atoms with Crippen LogP contribution in [0.5, 0.6) is 0 Å². The first-order chi connectivity index (χ1) is 17.2. The Labute approximate surface area is 216 Å². The first kappa shape index (κ1) is 30.5. The van der Waals surface area contributed by atoms with Gasteiger partial charge in [-0.25, -0.2) is 0 Å². The van der Waals surface area contributed by atoms with E-state index in [1.165, 1.54) is 39.8 Å². The summed E-state index contributed by atoms with van der Waals surface area (Å²) in [6.07, 6.45) is 9.54. The number of amides is 4. The van der Waals surface area contributed by atoms with Gasteiger partial charge in [0.05, 0.1) is 22.3 Å². The van der Waals surface area contributed by atoms with Crippen LogP contribution < -0.4 is 0 Å². The molecule has 194 valence electrons. The van der Waals surface area contributed by atoms with Gasteiger partial charge in [-0.05, 0) is 49.2 Å². The molecule has 0 spiro atoms. The second-order valence-electron chi connectivity index (χ2n) is 8.23. The Morgan fingerprint density at radius 2 is 0.889 bits per heavy atom. The van der Waals surface area contributed by atoms with Gasteiger partial charge in [-0.2, -0.15) is 0 Å². The minimum atomic E-state index is -0.344. The molecule has 0 radical (unpaired) electrons. The van der Waals surface area contributed by atoms with Gasteiger partial charge in [0, 0.05) is 14.1 Å².